The van der Waals surface area contributed by atoms with Crippen molar-refractivity contribution < 1.29 is 0 Å². The molecule has 0 N–H and O–H groups in total. The molecule has 0 aliphatic heterocycles. The van der Waals surface area contributed by atoms with Crippen LogP contribution in [-0.4, -0.2) is 11.3 Å². The molecule has 2 heteroatoms. The molecule has 12 heavy (non-hydrogen) atoms. The summed E-state index contributed by atoms with van der Waals surface area (Å²) in [5.41, 5.74) is 0.316. The van der Waals surface area contributed by atoms with E-state index in [1.165, 1.54) is 12.8 Å². The van der Waals surface area contributed by atoms with Crippen LogP contribution in [0.25, 0.3) is 0 Å². The largest absolute Gasteiger partial charge is 0.125 e. The molecule has 0 aromatic heterocycles. The standard InChI is InChI=1S/C10H20Cl2/c1-5-6-10(3,4)8(2)9(12)7-11/h8-9H,5-7H2,1-4H3. The Kier molecular flexibility index (Phi) is 5.60. The predicted octanol–water partition coefficient (Wildman–Crippen LogP) is 4.30. The van der Waals surface area contributed by atoms with Gasteiger partial charge in [0.15, 0.2) is 0 Å². The van der Waals surface area contributed by atoms with Crippen LogP contribution in [-0.2, 0) is 0 Å². The van der Waals surface area contributed by atoms with Gasteiger partial charge in [-0.3, -0.25) is 0 Å². The zero-order chi connectivity index (χ0) is 9.78. The number of rotatable bonds is 5. The molecule has 0 amide bonds. The van der Waals surface area contributed by atoms with E-state index in [1.807, 2.05) is 0 Å². The predicted molar refractivity (Wildman–Crippen MR) is 58.2 cm³/mol. The van der Waals surface area contributed by atoms with Crippen molar-refractivity contribution in [2.45, 2.75) is 45.9 Å². The Hall–Kier alpha value is 0.580. The maximum Gasteiger partial charge on any atom is 0.0502 e. The minimum atomic E-state index is 0.105. The highest BCUT2D eigenvalue weighted by Crippen LogP contribution is 2.36. The lowest BCUT2D eigenvalue weighted by molar-refractivity contribution is 0.208. The first-order valence-electron chi connectivity index (χ1n) is 4.65. The summed E-state index contributed by atoms with van der Waals surface area (Å²) in [6.45, 7) is 8.93. The molecule has 2 unspecified atom stereocenters. The summed E-state index contributed by atoms with van der Waals surface area (Å²) < 4.78 is 0. The van der Waals surface area contributed by atoms with Gasteiger partial charge in [-0.15, -0.1) is 23.2 Å². The fourth-order valence-corrected chi connectivity index (χ4v) is 2.10. The normalized spacial score (nSPS) is 17.5. The molecular weight excluding hydrogens is 191 g/mol. The van der Waals surface area contributed by atoms with Crippen molar-refractivity contribution in [3.05, 3.63) is 0 Å². The zero-order valence-electron chi connectivity index (χ0n) is 8.53. The SMILES string of the molecule is CCCC(C)(C)C(C)C(Cl)CCl. The van der Waals surface area contributed by atoms with E-state index in [1.54, 1.807) is 0 Å². The van der Waals surface area contributed by atoms with Gasteiger partial charge in [0, 0.05) is 5.88 Å². The van der Waals surface area contributed by atoms with E-state index >= 15 is 0 Å². The second-order valence-corrected chi connectivity index (χ2v) is 5.07. The number of hydrogen-bond acceptors (Lipinski definition) is 0. The second kappa shape index (κ2) is 5.34. The van der Waals surface area contributed by atoms with Crippen LogP contribution in [0.5, 0.6) is 0 Å². The minimum Gasteiger partial charge on any atom is -0.125 e. The highest BCUT2D eigenvalue weighted by Gasteiger charge is 2.29. The molecule has 0 heterocycles. The smallest absolute Gasteiger partial charge is 0.0502 e. The Morgan fingerprint density at radius 2 is 1.83 bits per heavy atom. The maximum absolute atomic E-state index is 6.10. The fraction of sp³-hybridized carbons (Fsp3) is 1.00. The van der Waals surface area contributed by atoms with E-state index in [4.69, 9.17) is 23.2 Å². The molecule has 0 saturated heterocycles. The van der Waals surface area contributed by atoms with Gasteiger partial charge in [-0.1, -0.05) is 34.1 Å². The first-order valence-corrected chi connectivity index (χ1v) is 5.62. The Balaban J connectivity index is 4.13. The third-order valence-electron chi connectivity index (χ3n) is 2.82. The van der Waals surface area contributed by atoms with E-state index in [9.17, 15) is 0 Å². The van der Waals surface area contributed by atoms with Crippen LogP contribution in [0, 0.1) is 11.3 Å². The Labute approximate surface area is 86.6 Å². The van der Waals surface area contributed by atoms with Crippen molar-refractivity contribution in [2.24, 2.45) is 11.3 Å². The Morgan fingerprint density at radius 1 is 1.33 bits per heavy atom. The molecule has 0 aliphatic rings. The van der Waals surface area contributed by atoms with Gasteiger partial charge in [0.25, 0.3) is 0 Å². The lowest BCUT2D eigenvalue weighted by Gasteiger charge is -2.34. The fourth-order valence-electron chi connectivity index (χ4n) is 1.50. The average Bonchev–Trinajstić information content (AvgIpc) is 2.01. The van der Waals surface area contributed by atoms with Crippen LogP contribution in [0.2, 0.25) is 0 Å². The van der Waals surface area contributed by atoms with Gasteiger partial charge >= 0.3 is 0 Å². The van der Waals surface area contributed by atoms with Crippen LogP contribution in [0.4, 0.5) is 0 Å². The van der Waals surface area contributed by atoms with Crippen molar-refractivity contribution >= 4 is 23.2 Å². The van der Waals surface area contributed by atoms with Gasteiger partial charge in [-0.2, -0.15) is 0 Å². The summed E-state index contributed by atoms with van der Waals surface area (Å²) >= 11 is 11.8. The summed E-state index contributed by atoms with van der Waals surface area (Å²) in [4.78, 5) is 0. The highest BCUT2D eigenvalue weighted by atomic mass is 35.5. The molecule has 0 aromatic rings. The molecule has 0 saturated carbocycles. The Morgan fingerprint density at radius 3 is 2.17 bits per heavy atom. The number of halogens is 2. The van der Waals surface area contributed by atoms with E-state index in [-0.39, 0.29) is 5.38 Å². The third kappa shape index (κ3) is 3.53. The summed E-state index contributed by atoms with van der Waals surface area (Å²) in [5.74, 6) is 1.03. The van der Waals surface area contributed by atoms with Crippen molar-refractivity contribution in [3.63, 3.8) is 0 Å². The van der Waals surface area contributed by atoms with Crippen LogP contribution in [0.15, 0.2) is 0 Å². The van der Waals surface area contributed by atoms with E-state index in [0.29, 0.717) is 17.2 Å². The lowest BCUT2D eigenvalue weighted by atomic mass is 9.75. The summed E-state index contributed by atoms with van der Waals surface area (Å²) in [6, 6.07) is 0. The first-order chi connectivity index (χ1) is 5.45. The van der Waals surface area contributed by atoms with Gasteiger partial charge in [0.05, 0.1) is 5.38 Å². The lowest BCUT2D eigenvalue weighted by Crippen LogP contribution is -2.29. The first kappa shape index (κ1) is 12.6. The van der Waals surface area contributed by atoms with Crippen LogP contribution < -0.4 is 0 Å². The van der Waals surface area contributed by atoms with Crippen molar-refractivity contribution in [2.75, 3.05) is 5.88 Å². The summed E-state index contributed by atoms with van der Waals surface area (Å²) in [5, 5.41) is 0.105. The molecule has 2 atom stereocenters. The molecule has 0 rings (SSSR count). The molecule has 0 fully saturated rings. The molecule has 0 bridgehead atoms. The molecule has 0 aliphatic carbocycles. The van der Waals surface area contributed by atoms with Gasteiger partial charge < -0.3 is 0 Å². The molecule has 0 nitrogen and oxygen atoms in total. The molecule has 0 radical (unpaired) electrons. The maximum atomic E-state index is 6.10. The molecular formula is C10H20Cl2. The molecule has 0 spiro atoms. The average molecular weight is 211 g/mol. The number of alkyl halides is 2. The van der Waals surface area contributed by atoms with Crippen molar-refractivity contribution in [1.29, 1.82) is 0 Å². The highest BCUT2D eigenvalue weighted by molar-refractivity contribution is 6.28. The van der Waals surface area contributed by atoms with Crippen molar-refractivity contribution in [1.82, 2.24) is 0 Å². The Bertz CT molecular complexity index is 121. The van der Waals surface area contributed by atoms with Gasteiger partial charge in [0.2, 0.25) is 0 Å². The summed E-state index contributed by atoms with van der Waals surface area (Å²) in [7, 11) is 0. The van der Waals surface area contributed by atoms with Crippen LogP contribution >= 0.6 is 23.2 Å². The van der Waals surface area contributed by atoms with Crippen LogP contribution in [0.1, 0.15) is 40.5 Å². The van der Waals surface area contributed by atoms with E-state index in [0.717, 1.165) is 0 Å². The topological polar surface area (TPSA) is 0 Å². The van der Waals surface area contributed by atoms with E-state index in [2.05, 4.69) is 27.7 Å². The van der Waals surface area contributed by atoms with Crippen LogP contribution in [0.3, 0.4) is 0 Å². The molecule has 74 valence electrons. The molecule has 0 aromatic carbocycles. The summed E-state index contributed by atoms with van der Waals surface area (Å²) in [6.07, 6.45) is 2.43. The van der Waals surface area contributed by atoms with E-state index < -0.39 is 0 Å². The second-order valence-electron chi connectivity index (χ2n) is 4.20. The quantitative estimate of drug-likeness (QED) is 0.595. The number of hydrogen-bond donors (Lipinski definition) is 0. The van der Waals surface area contributed by atoms with Gasteiger partial charge in [-0.05, 0) is 17.8 Å². The van der Waals surface area contributed by atoms with Gasteiger partial charge in [-0.25, -0.2) is 0 Å². The van der Waals surface area contributed by atoms with Crippen molar-refractivity contribution in [3.8, 4) is 0 Å². The van der Waals surface area contributed by atoms with Gasteiger partial charge in [0.1, 0.15) is 0 Å². The monoisotopic (exact) mass is 210 g/mol. The zero-order valence-corrected chi connectivity index (χ0v) is 10.0. The minimum absolute atomic E-state index is 0.105. The third-order valence-corrected chi connectivity index (χ3v) is 3.84.